The summed E-state index contributed by atoms with van der Waals surface area (Å²) in [6, 6.07) is 0. The molecule has 1 rings (SSSR count). The molecule has 7 nitrogen and oxygen atoms in total. The highest BCUT2D eigenvalue weighted by atomic mass is 32.3. The maximum atomic E-state index is 12.0. The third kappa shape index (κ3) is 4.87. The zero-order chi connectivity index (χ0) is 14.9. The lowest BCUT2D eigenvalue weighted by molar-refractivity contribution is -0.0442. The fourth-order valence-electron chi connectivity index (χ4n) is 1.52. The van der Waals surface area contributed by atoms with Crippen molar-refractivity contribution in [3.05, 3.63) is 0 Å². The molecule has 1 fully saturated rings. The second-order valence-electron chi connectivity index (χ2n) is 4.01. The molecule has 0 heterocycles. The third-order valence-electron chi connectivity index (χ3n) is 2.42. The SMILES string of the molecule is O=S(=O)(NS(=O)(=O)C(F)(F)F)OC1CCC(O)CC1. The molecule has 0 amide bonds. The average molecular weight is 327 g/mol. The minimum atomic E-state index is -6.03. The van der Waals surface area contributed by atoms with E-state index in [1.54, 1.807) is 0 Å². The molecule has 1 aliphatic rings. The van der Waals surface area contributed by atoms with Gasteiger partial charge in [-0.25, -0.2) is 8.42 Å². The number of hydrogen-bond acceptors (Lipinski definition) is 6. The van der Waals surface area contributed by atoms with Crippen molar-refractivity contribution in [1.82, 2.24) is 4.13 Å². The lowest BCUT2D eigenvalue weighted by Gasteiger charge is -2.24. The van der Waals surface area contributed by atoms with Gasteiger partial charge in [-0.15, -0.1) is 0 Å². The van der Waals surface area contributed by atoms with E-state index in [1.165, 1.54) is 0 Å². The minimum Gasteiger partial charge on any atom is -0.393 e. The highest BCUT2D eigenvalue weighted by Gasteiger charge is 2.48. The maximum absolute atomic E-state index is 12.0. The van der Waals surface area contributed by atoms with Gasteiger partial charge in [-0.2, -0.15) is 21.6 Å². The van der Waals surface area contributed by atoms with Crippen molar-refractivity contribution in [2.45, 2.75) is 43.4 Å². The minimum absolute atomic E-state index is 0.105. The van der Waals surface area contributed by atoms with E-state index in [9.17, 15) is 30.0 Å². The Balaban J connectivity index is 2.68. The Morgan fingerprint density at radius 1 is 1.05 bits per heavy atom. The summed E-state index contributed by atoms with van der Waals surface area (Å²) in [5, 5.41) is 9.15. The largest absolute Gasteiger partial charge is 0.512 e. The number of hydrogen-bond donors (Lipinski definition) is 2. The van der Waals surface area contributed by atoms with Crippen molar-refractivity contribution in [2.24, 2.45) is 0 Å². The Hall–Kier alpha value is -0.430. The Kier molecular flexibility index (Phi) is 4.83. The first-order valence-electron chi connectivity index (χ1n) is 5.14. The van der Waals surface area contributed by atoms with Crippen LogP contribution in [-0.2, 0) is 24.5 Å². The molecule has 0 aromatic carbocycles. The summed E-state index contributed by atoms with van der Waals surface area (Å²) in [6.45, 7) is 0. The Morgan fingerprint density at radius 3 is 1.95 bits per heavy atom. The fraction of sp³-hybridized carbons (Fsp3) is 1.00. The van der Waals surface area contributed by atoms with E-state index in [0.29, 0.717) is 4.13 Å². The molecule has 1 aliphatic carbocycles. The van der Waals surface area contributed by atoms with E-state index < -0.39 is 38.0 Å². The van der Waals surface area contributed by atoms with Crippen LogP contribution in [0.4, 0.5) is 13.2 Å². The molecule has 0 aromatic rings. The van der Waals surface area contributed by atoms with Crippen molar-refractivity contribution in [3.63, 3.8) is 0 Å². The summed E-state index contributed by atoms with van der Waals surface area (Å²) in [7, 11) is -11.1. The van der Waals surface area contributed by atoms with Gasteiger partial charge in [0.1, 0.15) is 0 Å². The van der Waals surface area contributed by atoms with E-state index in [-0.39, 0.29) is 25.7 Å². The molecule has 0 unspecified atom stereocenters. The van der Waals surface area contributed by atoms with Crippen LogP contribution in [-0.4, -0.2) is 39.7 Å². The summed E-state index contributed by atoms with van der Waals surface area (Å²) in [5.41, 5.74) is -5.74. The van der Waals surface area contributed by atoms with E-state index >= 15 is 0 Å². The van der Waals surface area contributed by atoms with Crippen molar-refractivity contribution in [3.8, 4) is 0 Å². The molecule has 1 saturated carbocycles. The van der Waals surface area contributed by atoms with Crippen LogP contribution in [0.5, 0.6) is 0 Å². The number of alkyl halides is 3. The van der Waals surface area contributed by atoms with Crippen LogP contribution in [0.15, 0.2) is 0 Å². The molecule has 0 spiro atoms. The molecule has 0 aromatic heterocycles. The maximum Gasteiger partial charge on any atom is 0.512 e. The molecular formula is C7H12F3NO6S2. The highest BCUT2D eigenvalue weighted by molar-refractivity contribution is 8.03. The molecule has 0 bridgehead atoms. The lowest BCUT2D eigenvalue weighted by Crippen LogP contribution is -2.42. The van der Waals surface area contributed by atoms with Gasteiger partial charge in [-0.1, -0.05) is 4.13 Å². The Labute approximate surface area is 108 Å². The van der Waals surface area contributed by atoms with Gasteiger partial charge in [-0.3, -0.25) is 4.18 Å². The number of rotatable bonds is 4. The smallest absolute Gasteiger partial charge is 0.393 e. The van der Waals surface area contributed by atoms with Crippen LogP contribution in [0.25, 0.3) is 0 Å². The first kappa shape index (κ1) is 16.6. The monoisotopic (exact) mass is 327 g/mol. The van der Waals surface area contributed by atoms with Crippen LogP contribution >= 0.6 is 0 Å². The van der Waals surface area contributed by atoms with Crippen LogP contribution in [0.2, 0.25) is 0 Å². The number of aliphatic hydroxyl groups is 1. The lowest BCUT2D eigenvalue weighted by atomic mass is 9.95. The summed E-state index contributed by atoms with van der Waals surface area (Å²) in [4.78, 5) is 0. The number of aliphatic hydroxyl groups excluding tert-OH is 1. The average Bonchev–Trinajstić information content (AvgIpc) is 2.17. The van der Waals surface area contributed by atoms with Gasteiger partial charge in [0.05, 0.1) is 12.2 Å². The van der Waals surface area contributed by atoms with E-state index in [0.717, 1.165) is 0 Å². The van der Waals surface area contributed by atoms with Gasteiger partial charge in [0.25, 0.3) is 0 Å². The van der Waals surface area contributed by atoms with Crippen LogP contribution in [0, 0.1) is 0 Å². The first-order valence-corrected chi connectivity index (χ1v) is 8.03. The summed E-state index contributed by atoms with van der Waals surface area (Å²) in [5.74, 6) is 0. The Morgan fingerprint density at radius 2 is 1.53 bits per heavy atom. The van der Waals surface area contributed by atoms with Gasteiger partial charge in [0.15, 0.2) is 0 Å². The van der Waals surface area contributed by atoms with Gasteiger partial charge < -0.3 is 5.11 Å². The van der Waals surface area contributed by atoms with Crippen LogP contribution in [0.3, 0.4) is 0 Å². The molecule has 12 heteroatoms. The van der Waals surface area contributed by atoms with Gasteiger partial charge in [0.2, 0.25) is 0 Å². The zero-order valence-corrected chi connectivity index (χ0v) is 11.1. The molecule has 114 valence electrons. The van der Waals surface area contributed by atoms with E-state index in [4.69, 9.17) is 5.11 Å². The second-order valence-corrected chi connectivity index (χ2v) is 7.25. The van der Waals surface area contributed by atoms with Crippen molar-refractivity contribution < 1.29 is 39.3 Å². The molecule has 0 atom stereocenters. The van der Waals surface area contributed by atoms with Crippen LogP contribution < -0.4 is 4.13 Å². The fourth-order valence-corrected chi connectivity index (χ4v) is 3.68. The molecule has 0 radical (unpaired) electrons. The van der Waals surface area contributed by atoms with Gasteiger partial charge in [-0.05, 0) is 25.7 Å². The van der Waals surface area contributed by atoms with Gasteiger partial charge in [0, 0.05) is 0 Å². The highest BCUT2D eigenvalue weighted by Crippen LogP contribution is 2.25. The molecule has 0 saturated heterocycles. The molecule has 2 N–H and O–H groups in total. The van der Waals surface area contributed by atoms with E-state index in [1.807, 2.05) is 0 Å². The topological polar surface area (TPSA) is 110 Å². The number of nitrogens with one attached hydrogen (secondary N) is 1. The van der Waals surface area contributed by atoms with Crippen molar-refractivity contribution in [1.29, 1.82) is 0 Å². The zero-order valence-electron chi connectivity index (χ0n) is 9.42. The van der Waals surface area contributed by atoms with Crippen LogP contribution in [0.1, 0.15) is 25.7 Å². The summed E-state index contributed by atoms with van der Waals surface area (Å²) in [6.07, 6.45) is -0.903. The summed E-state index contributed by atoms with van der Waals surface area (Å²) < 4.78 is 84.4. The van der Waals surface area contributed by atoms with Crippen molar-refractivity contribution in [2.75, 3.05) is 0 Å². The van der Waals surface area contributed by atoms with Crippen molar-refractivity contribution >= 4 is 20.3 Å². The first-order chi connectivity index (χ1) is 8.43. The quantitative estimate of drug-likeness (QED) is 0.751. The standard InChI is InChI=1S/C7H12F3NO6S2/c8-7(9,10)18(13,14)11-19(15,16)17-6-3-1-5(12)2-4-6/h5-6,11-12H,1-4H2. The molecule has 19 heavy (non-hydrogen) atoms. The predicted octanol–water partition coefficient (Wildman–Crippen LogP) is -0.00950. The number of halogens is 3. The third-order valence-corrected chi connectivity index (χ3v) is 5.25. The van der Waals surface area contributed by atoms with E-state index in [2.05, 4.69) is 4.18 Å². The predicted molar refractivity (Wildman–Crippen MR) is 56.4 cm³/mol. The molecule has 0 aliphatic heterocycles. The normalized spacial score (nSPS) is 26.3. The summed E-state index contributed by atoms with van der Waals surface area (Å²) >= 11 is 0. The Bertz CT molecular complexity index is 505. The second kappa shape index (κ2) is 5.52. The molecular weight excluding hydrogens is 315 g/mol. The van der Waals surface area contributed by atoms with Gasteiger partial charge >= 0.3 is 25.8 Å². The number of sulfonamides is 1.